The normalized spacial score (nSPS) is 16.8. The topological polar surface area (TPSA) is 231 Å². The predicted octanol–water partition coefficient (Wildman–Crippen LogP) is 7.42. The Morgan fingerprint density at radius 2 is 1.40 bits per heavy atom. The SMILES string of the molecule is CC(=O)N[C@@H](Cc1ccccc1)C(=O)N1CCC[C@H]1c1ncc(-c2ccc3nc(-c4ccc(-c5c[nH]c([C@@H]6CCCN6C(=O)C(C(C)C)N(C)C(=O)O)n5)cc4)cnc3c2)[nH]1.O=C(O)C(F)(F)F. The lowest BCUT2D eigenvalue weighted by atomic mass is 10.0. The number of fused-ring (bicyclic) bond motifs is 1. The number of likely N-dealkylation sites (N-methyl/N-ethyl adjacent to an activating group) is 1. The molecule has 1 unspecified atom stereocenters. The number of halogens is 3. The molecule has 68 heavy (non-hydrogen) atoms. The highest BCUT2D eigenvalue weighted by Gasteiger charge is 2.40. The number of carbonyl (C=O) groups excluding carboxylic acids is 3. The van der Waals surface area contributed by atoms with E-state index in [1.807, 2.05) is 97.7 Å². The number of carboxylic acid groups (broad SMARTS) is 2. The standard InChI is InChI=1S/C46H50N10O5.C2HF3O2/c1-27(2)41(54(4)46(60)61)45(59)56-21-9-13-40(56)43-48-25-37(52-43)31-16-14-30(15-17-31)36-24-47-34-23-32(18-19-33(34)51-36)38-26-49-42(53-38)39-12-8-20-55(39)44(58)35(50-28(3)57)22-29-10-6-5-7-11-29;3-2(4,5)1(6)7/h5-7,10-11,14-19,23-27,35,39-41H,8-9,12-13,20-22H2,1-4H3,(H,48,52)(H,49,53)(H,50,57)(H,60,61);(H,6,7)/t35-,39-,40-,41?;/m0./s1. The number of likely N-dealkylation sites (tertiary alicyclic amines) is 2. The number of carboxylic acids is 1. The van der Waals surface area contributed by atoms with Crippen LogP contribution in [0.1, 0.15) is 75.8 Å². The van der Waals surface area contributed by atoms with Crippen LogP contribution in [0.25, 0.3) is 44.8 Å². The number of hydrogen-bond acceptors (Lipinski definition) is 9. The van der Waals surface area contributed by atoms with Crippen molar-refractivity contribution in [1.29, 1.82) is 0 Å². The zero-order valence-electron chi connectivity index (χ0n) is 37.7. The number of benzene rings is 3. The molecule has 2 saturated heterocycles. The lowest BCUT2D eigenvalue weighted by Gasteiger charge is -2.33. The molecule has 3 aromatic carbocycles. The number of nitrogens with one attached hydrogen (secondary N) is 3. The third-order valence-corrected chi connectivity index (χ3v) is 12.0. The van der Waals surface area contributed by atoms with Crippen molar-refractivity contribution in [2.45, 2.75) is 83.2 Å². The number of hydrogen-bond donors (Lipinski definition) is 5. The van der Waals surface area contributed by atoms with Crippen LogP contribution in [-0.4, -0.2) is 123 Å². The summed E-state index contributed by atoms with van der Waals surface area (Å²) in [6, 6.07) is 21.6. The second-order valence-corrected chi connectivity index (χ2v) is 17.1. The van der Waals surface area contributed by atoms with Crippen LogP contribution in [0.3, 0.4) is 0 Å². The van der Waals surface area contributed by atoms with Gasteiger partial charge in [0.25, 0.3) is 0 Å². The Kier molecular flexibility index (Phi) is 14.5. The predicted molar refractivity (Wildman–Crippen MR) is 243 cm³/mol. The van der Waals surface area contributed by atoms with E-state index in [0.29, 0.717) is 31.2 Å². The van der Waals surface area contributed by atoms with Gasteiger partial charge in [-0.25, -0.2) is 24.5 Å². The number of H-pyrrole nitrogens is 2. The molecule has 4 amide bonds. The summed E-state index contributed by atoms with van der Waals surface area (Å²) in [6.07, 6.45) is 2.72. The lowest BCUT2D eigenvalue weighted by molar-refractivity contribution is -0.192. The van der Waals surface area contributed by atoms with Crippen LogP contribution in [0, 0.1) is 5.92 Å². The Hall–Kier alpha value is -7.64. The van der Waals surface area contributed by atoms with Gasteiger partial charge in [-0.05, 0) is 49.3 Å². The molecular formula is C48H51F3N10O7. The van der Waals surface area contributed by atoms with Gasteiger partial charge in [-0.1, -0.05) is 74.5 Å². The minimum Gasteiger partial charge on any atom is -0.475 e. The zero-order chi connectivity index (χ0) is 48.9. The minimum atomic E-state index is -5.08. The van der Waals surface area contributed by atoms with Gasteiger partial charge in [0, 0.05) is 56.4 Å². The second kappa shape index (κ2) is 20.5. The fraction of sp³-hybridized carbons (Fsp3) is 0.354. The number of carbonyl (C=O) groups is 5. The van der Waals surface area contributed by atoms with E-state index in [1.54, 1.807) is 17.3 Å². The summed E-state index contributed by atoms with van der Waals surface area (Å²) >= 11 is 0. The van der Waals surface area contributed by atoms with Crippen molar-refractivity contribution in [2.75, 3.05) is 20.1 Å². The number of alkyl halides is 3. The Labute approximate surface area is 388 Å². The summed E-state index contributed by atoms with van der Waals surface area (Å²) in [6.45, 7) is 6.29. The largest absolute Gasteiger partial charge is 0.490 e. The Morgan fingerprint density at radius 1 is 0.794 bits per heavy atom. The molecule has 17 nitrogen and oxygen atoms in total. The molecule has 2 aliphatic rings. The average molecular weight is 937 g/mol. The van der Waals surface area contributed by atoms with E-state index in [0.717, 1.165) is 81.0 Å². The van der Waals surface area contributed by atoms with Crippen LogP contribution < -0.4 is 5.32 Å². The van der Waals surface area contributed by atoms with Crippen molar-refractivity contribution in [3.63, 3.8) is 0 Å². The fourth-order valence-corrected chi connectivity index (χ4v) is 8.75. The first kappa shape index (κ1) is 48.3. The highest BCUT2D eigenvalue weighted by molar-refractivity contribution is 5.88. The molecule has 0 spiro atoms. The average Bonchev–Trinajstić information content (AvgIpc) is 4.16. The molecule has 4 atom stereocenters. The van der Waals surface area contributed by atoms with Gasteiger partial charge in [0.1, 0.15) is 23.7 Å². The molecule has 5 N–H and O–H groups in total. The molecule has 8 rings (SSSR count). The van der Waals surface area contributed by atoms with Gasteiger partial charge < -0.3 is 35.3 Å². The van der Waals surface area contributed by atoms with Crippen molar-refractivity contribution in [3.05, 3.63) is 109 Å². The minimum absolute atomic E-state index is 0.119. The maximum Gasteiger partial charge on any atom is 0.490 e. The number of rotatable bonds is 12. The number of aromatic amines is 2. The van der Waals surface area contributed by atoms with E-state index in [9.17, 15) is 37.5 Å². The van der Waals surface area contributed by atoms with E-state index >= 15 is 0 Å². The molecule has 0 saturated carbocycles. The van der Waals surface area contributed by atoms with Gasteiger partial charge in [0.2, 0.25) is 17.7 Å². The van der Waals surface area contributed by atoms with Crippen LogP contribution in [0.2, 0.25) is 0 Å². The molecule has 0 bridgehead atoms. The third kappa shape index (κ3) is 11.0. The molecule has 5 heterocycles. The quantitative estimate of drug-likeness (QED) is 0.0811. The summed E-state index contributed by atoms with van der Waals surface area (Å²) in [5.41, 5.74) is 7.40. The molecule has 2 fully saturated rings. The van der Waals surface area contributed by atoms with Crippen molar-refractivity contribution in [1.82, 2.24) is 49.9 Å². The molecule has 3 aromatic heterocycles. The van der Waals surface area contributed by atoms with Gasteiger partial charge >= 0.3 is 18.2 Å². The van der Waals surface area contributed by atoms with Crippen LogP contribution in [0.5, 0.6) is 0 Å². The first-order valence-electron chi connectivity index (χ1n) is 22.1. The van der Waals surface area contributed by atoms with Crippen LogP contribution in [-0.2, 0) is 25.6 Å². The summed E-state index contributed by atoms with van der Waals surface area (Å²) in [7, 11) is 1.44. The Morgan fingerprint density at radius 3 is 2.00 bits per heavy atom. The molecule has 2 aliphatic heterocycles. The van der Waals surface area contributed by atoms with E-state index in [1.165, 1.54) is 14.0 Å². The Bertz CT molecular complexity index is 2780. The van der Waals surface area contributed by atoms with E-state index in [4.69, 9.17) is 29.8 Å². The number of amides is 4. The first-order chi connectivity index (χ1) is 32.4. The first-order valence-corrected chi connectivity index (χ1v) is 22.1. The molecule has 20 heteroatoms. The molecular weight excluding hydrogens is 886 g/mol. The Balaban J connectivity index is 0.000000908. The van der Waals surface area contributed by atoms with Crippen LogP contribution >= 0.6 is 0 Å². The number of imidazole rings is 2. The molecule has 356 valence electrons. The van der Waals surface area contributed by atoms with Crippen molar-refractivity contribution in [2.24, 2.45) is 5.92 Å². The van der Waals surface area contributed by atoms with Crippen LogP contribution in [0.4, 0.5) is 18.0 Å². The van der Waals surface area contributed by atoms with Crippen molar-refractivity contribution >= 4 is 40.8 Å². The van der Waals surface area contributed by atoms with Gasteiger partial charge in [-0.2, -0.15) is 13.2 Å². The smallest absolute Gasteiger partial charge is 0.475 e. The van der Waals surface area contributed by atoms with E-state index in [-0.39, 0.29) is 35.7 Å². The van der Waals surface area contributed by atoms with Gasteiger partial charge in [0.05, 0.1) is 52.6 Å². The summed E-state index contributed by atoms with van der Waals surface area (Å²) in [5, 5.41) is 19.6. The summed E-state index contributed by atoms with van der Waals surface area (Å²) in [5.74, 6) is -2.13. The lowest BCUT2D eigenvalue weighted by Crippen LogP contribution is -2.51. The molecule has 0 radical (unpaired) electrons. The van der Waals surface area contributed by atoms with Crippen molar-refractivity contribution in [3.8, 4) is 33.8 Å². The highest BCUT2D eigenvalue weighted by atomic mass is 19.4. The van der Waals surface area contributed by atoms with Gasteiger partial charge in [-0.15, -0.1) is 0 Å². The molecule has 6 aromatic rings. The zero-order valence-corrected chi connectivity index (χ0v) is 37.7. The third-order valence-electron chi connectivity index (χ3n) is 12.0. The van der Waals surface area contributed by atoms with Crippen LogP contribution in [0.15, 0.2) is 91.4 Å². The second-order valence-electron chi connectivity index (χ2n) is 17.1. The monoisotopic (exact) mass is 936 g/mol. The fourth-order valence-electron chi connectivity index (χ4n) is 8.75. The maximum absolute atomic E-state index is 13.9. The van der Waals surface area contributed by atoms with Gasteiger partial charge in [0.15, 0.2) is 0 Å². The summed E-state index contributed by atoms with van der Waals surface area (Å²) < 4.78 is 31.7. The van der Waals surface area contributed by atoms with E-state index < -0.39 is 30.3 Å². The summed E-state index contributed by atoms with van der Waals surface area (Å²) in [4.78, 5) is 90.9. The molecule has 0 aliphatic carbocycles. The van der Waals surface area contributed by atoms with Crippen molar-refractivity contribution < 1.29 is 47.4 Å². The highest BCUT2D eigenvalue weighted by Crippen LogP contribution is 2.35. The van der Waals surface area contributed by atoms with E-state index in [2.05, 4.69) is 15.3 Å². The number of aliphatic carboxylic acids is 1. The number of aromatic nitrogens is 6. The maximum atomic E-state index is 13.9. The van der Waals surface area contributed by atoms with Gasteiger partial charge in [-0.3, -0.25) is 24.3 Å². The number of nitrogens with zero attached hydrogens (tertiary/aromatic N) is 7.